The summed E-state index contributed by atoms with van der Waals surface area (Å²) in [7, 11) is 3.24. The van der Waals surface area contributed by atoms with Gasteiger partial charge in [0.1, 0.15) is 0 Å². The number of nitrogens with two attached hydrogens (primary N) is 1. The summed E-state index contributed by atoms with van der Waals surface area (Å²) in [6.07, 6.45) is 0. The van der Waals surface area contributed by atoms with Crippen LogP contribution in [0.2, 0.25) is 0 Å². The second-order valence-corrected chi connectivity index (χ2v) is 4.46. The Balaban J connectivity index is 2.02. The van der Waals surface area contributed by atoms with Crippen molar-refractivity contribution in [3.05, 3.63) is 23.8 Å². The fourth-order valence-electron chi connectivity index (χ4n) is 2.04. The van der Waals surface area contributed by atoms with Gasteiger partial charge in [0.15, 0.2) is 17.5 Å². The van der Waals surface area contributed by atoms with Gasteiger partial charge in [-0.3, -0.25) is 0 Å². The summed E-state index contributed by atoms with van der Waals surface area (Å²) in [6, 6.07) is 5.74. The molecule has 1 aliphatic heterocycles. The molecule has 0 atom stereocenters. The molecule has 0 saturated carbocycles. The molecule has 0 amide bonds. The van der Waals surface area contributed by atoms with Crippen LogP contribution in [0.1, 0.15) is 5.56 Å². The van der Waals surface area contributed by atoms with E-state index >= 15 is 0 Å². The number of nitrogens with zero attached hydrogens (tertiary/aromatic N) is 2. The minimum Gasteiger partial charge on any atom is -0.493 e. The maximum Gasteiger partial charge on any atom is 0.191 e. The van der Waals surface area contributed by atoms with E-state index in [-0.39, 0.29) is 0 Å². The summed E-state index contributed by atoms with van der Waals surface area (Å²) in [4.78, 5) is 6.45. The van der Waals surface area contributed by atoms with Crippen LogP contribution in [0.25, 0.3) is 0 Å². The van der Waals surface area contributed by atoms with Crippen molar-refractivity contribution in [1.29, 1.82) is 0 Å². The smallest absolute Gasteiger partial charge is 0.191 e. The Morgan fingerprint density at radius 1 is 1.25 bits per heavy atom. The molecule has 6 nitrogen and oxygen atoms in total. The molecule has 2 rings (SSSR count). The lowest BCUT2D eigenvalue weighted by molar-refractivity contribution is 0.0674. The third-order valence-electron chi connectivity index (χ3n) is 3.21. The van der Waals surface area contributed by atoms with Gasteiger partial charge in [0.25, 0.3) is 0 Å². The molecule has 1 aromatic rings. The Kier molecular flexibility index (Phi) is 5.06. The maximum absolute atomic E-state index is 5.99. The Bertz CT molecular complexity index is 471. The fourth-order valence-corrected chi connectivity index (χ4v) is 2.04. The molecule has 1 fully saturated rings. The van der Waals surface area contributed by atoms with Crippen molar-refractivity contribution >= 4 is 5.96 Å². The predicted molar refractivity (Wildman–Crippen MR) is 77.3 cm³/mol. The molecule has 1 saturated heterocycles. The molecule has 1 aromatic carbocycles. The number of guanidine groups is 1. The van der Waals surface area contributed by atoms with Crippen molar-refractivity contribution in [3.63, 3.8) is 0 Å². The molecule has 110 valence electrons. The lowest BCUT2D eigenvalue weighted by Gasteiger charge is -2.27. The van der Waals surface area contributed by atoms with Gasteiger partial charge in [0.05, 0.1) is 34.0 Å². The van der Waals surface area contributed by atoms with Gasteiger partial charge in [-0.05, 0) is 17.7 Å². The molecule has 1 aliphatic rings. The van der Waals surface area contributed by atoms with Gasteiger partial charge in [0, 0.05) is 13.1 Å². The van der Waals surface area contributed by atoms with Gasteiger partial charge >= 0.3 is 0 Å². The molecular weight excluding hydrogens is 258 g/mol. The van der Waals surface area contributed by atoms with Gasteiger partial charge in [-0.15, -0.1) is 0 Å². The van der Waals surface area contributed by atoms with Gasteiger partial charge < -0.3 is 24.8 Å². The van der Waals surface area contributed by atoms with Gasteiger partial charge in [0.2, 0.25) is 0 Å². The molecule has 2 N–H and O–H groups in total. The molecule has 20 heavy (non-hydrogen) atoms. The molecule has 6 heteroatoms. The van der Waals surface area contributed by atoms with E-state index in [4.69, 9.17) is 19.9 Å². The van der Waals surface area contributed by atoms with Gasteiger partial charge in [-0.1, -0.05) is 6.07 Å². The second-order valence-electron chi connectivity index (χ2n) is 4.46. The first-order valence-corrected chi connectivity index (χ1v) is 6.58. The third-order valence-corrected chi connectivity index (χ3v) is 3.21. The van der Waals surface area contributed by atoms with Crippen LogP contribution in [0.4, 0.5) is 0 Å². The first kappa shape index (κ1) is 14.5. The number of benzene rings is 1. The first-order chi connectivity index (χ1) is 9.74. The van der Waals surface area contributed by atoms with Crippen molar-refractivity contribution in [2.24, 2.45) is 10.7 Å². The molecule has 0 radical (unpaired) electrons. The summed E-state index contributed by atoms with van der Waals surface area (Å²) in [5, 5.41) is 0. The monoisotopic (exact) mass is 279 g/mol. The third kappa shape index (κ3) is 3.54. The largest absolute Gasteiger partial charge is 0.493 e. The van der Waals surface area contributed by atoms with Crippen molar-refractivity contribution in [3.8, 4) is 11.5 Å². The standard InChI is InChI=1S/C14H21N3O3/c1-18-12-4-3-11(9-13(12)19-2)10-16-14(15)17-5-7-20-8-6-17/h3-4,9H,5-8,10H2,1-2H3,(H2,15,16). The van der Waals surface area contributed by atoms with E-state index in [9.17, 15) is 0 Å². The topological polar surface area (TPSA) is 69.3 Å². The first-order valence-electron chi connectivity index (χ1n) is 6.58. The number of aliphatic imine (C=N–C) groups is 1. The summed E-state index contributed by atoms with van der Waals surface area (Å²) in [5.41, 5.74) is 7.01. The minimum atomic E-state index is 0.517. The number of ether oxygens (including phenoxy) is 3. The van der Waals surface area contributed by atoms with E-state index in [0.29, 0.717) is 37.2 Å². The second kappa shape index (κ2) is 7.00. The zero-order valence-electron chi connectivity index (χ0n) is 12.0. The van der Waals surface area contributed by atoms with Gasteiger partial charge in [-0.25, -0.2) is 4.99 Å². The van der Waals surface area contributed by atoms with Crippen LogP contribution in [0.5, 0.6) is 11.5 Å². The Hall–Kier alpha value is -1.95. The SMILES string of the molecule is COc1ccc(CN=C(N)N2CCOCC2)cc1OC. The zero-order chi connectivity index (χ0) is 14.4. The Morgan fingerprint density at radius 3 is 2.60 bits per heavy atom. The highest BCUT2D eigenvalue weighted by Gasteiger charge is 2.12. The van der Waals surface area contributed by atoms with E-state index in [2.05, 4.69) is 4.99 Å². The van der Waals surface area contributed by atoms with Crippen LogP contribution >= 0.6 is 0 Å². The quantitative estimate of drug-likeness (QED) is 0.653. The Labute approximate surface area is 119 Å². The average Bonchev–Trinajstić information content (AvgIpc) is 2.53. The highest BCUT2D eigenvalue weighted by Crippen LogP contribution is 2.27. The van der Waals surface area contributed by atoms with E-state index in [0.717, 1.165) is 18.7 Å². The van der Waals surface area contributed by atoms with Gasteiger partial charge in [-0.2, -0.15) is 0 Å². The zero-order valence-corrected chi connectivity index (χ0v) is 12.0. The van der Waals surface area contributed by atoms with E-state index in [1.807, 2.05) is 23.1 Å². The normalized spacial score (nSPS) is 16.1. The summed E-state index contributed by atoms with van der Waals surface area (Å²) < 4.78 is 15.8. The van der Waals surface area contributed by atoms with E-state index in [1.54, 1.807) is 14.2 Å². The summed E-state index contributed by atoms with van der Waals surface area (Å²) in [5.74, 6) is 1.97. The molecular formula is C14H21N3O3. The number of rotatable bonds is 4. The van der Waals surface area contributed by atoms with E-state index in [1.165, 1.54) is 0 Å². The molecule has 0 unspecified atom stereocenters. The number of methoxy groups -OCH3 is 2. The molecule has 0 aliphatic carbocycles. The predicted octanol–water partition coefficient (Wildman–Crippen LogP) is 0.851. The van der Waals surface area contributed by atoms with Crippen molar-refractivity contribution in [2.45, 2.75) is 6.54 Å². The van der Waals surface area contributed by atoms with Crippen molar-refractivity contribution in [1.82, 2.24) is 4.90 Å². The summed E-state index contributed by atoms with van der Waals surface area (Å²) in [6.45, 7) is 3.51. The molecule has 0 spiro atoms. The summed E-state index contributed by atoms with van der Waals surface area (Å²) >= 11 is 0. The van der Waals surface area contributed by atoms with Crippen LogP contribution in [0.3, 0.4) is 0 Å². The molecule has 0 aromatic heterocycles. The van der Waals surface area contributed by atoms with Crippen molar-refractivity contribution in [2.75, 3.05) is 40.5 Å². The Morgan fingerprint density at radius 2 is 1.95 bits per heavy atom. The van der Waals surface area contributed by atoms with Crippen LogP contribution in [0, 0.1) is 0 Å². The molecule has 1 heterocycles. The number of hydrogen-bond acceptors (Lipinski definition) is 4. The maximum atomic E-state index is 5.99. The van der Waals surface area contributed by atoms with E-state index < -0.39 is 0 Å². The fraction of sp³-hybridized carbons (Fsp3) is 0.500. The average molecular weight is 279 g/mol. The lowest BCUT2D eigenvalue weighted by atomic mass is 10.2. The lowest BCUT2D eigenvalue weighted by Crippen LogP contribution is -2.44. The minimum absolute atomic E-state index is 0.517. The van der Waals surface area contributed by atoms with Crippen LogP contribution in [-0.2, 0) is 11.3 Å². The van der Waals surface area contributed by atoms with Crippen LogP contribution < -0.4 is 15.2 Å². The highest BCUT2D eigenvalue weighted by atomic mass is 16.5. The molecule has 0 bridgehead atoms. The van der Waals surface area contributed by atoms with Crippen LogP contribution in [0.15, 0.2) is 23.2 Å². The number of hydrogen-bond donors (Lipinski definition) is 1. The van der Waals surface area contributed by atoms with Crippen LogP contribution in [-0.4, -0.2) is 51.4 Å². The van der Waals surface area contributed by atoms with Crippen molar-refractivity contribution < 1.29 is 14.2 Å². The number of morpholine rings is 1. The highest BCUT2D eigenvalue weighted by molar-refractivity contribution is 5.78.